The van der Waals surface area contributed by atoms with Crippen LogP contribution in [0.5, 0.6) is 11.5 Å². The summed E-state index contributed by atoms with van der Waals surface area (Å²) < 4.78 is 22.2. The maximum Gasteiger partial charge on any atom is 0.330 e. The molecule has 1 N–H and O–H groups in total. The molecule has 0 saturated carbocycles. The first-order valence-electron chi connectivity index (χ1n) is 15.1. The van der Waals surface area contributed by atoms with Crippen LogP contribution in [-0.2, 0) is 37.0 Å². The summed E-state index contributed by atoms with van der Waals surface area (Å²) in [4.78, 5) is 38.8. The summed E-state index contributed by atoms with van der Waals surface area (Å²) in [5.41, 5.74) is 1.43. The van der Waals surface area contributed by atoms with Crippen LogP contribution < -0.4 is 10.1 Å². The molecule has 0 spiro atoms. The van der Waals surface area contributed by atoms with Crippen LogP contribution in [0.2, 0.25) is 0 Å². The van der Waals surface area contributed by atoms with Gasteiger partial charge in [0.05, 0.1) is 25.2 Å². The second kappa shape index (κ2) is 17.2. The summed E-state index contributed by atoms with van der Waals surface area (Å²) in [5.74, 6) is 0.556. The molecule has 0 radical (unpaired) electrons. The number of nitrogens with one attached hydrogen (secondary N) is 1. The van der Waals surface area contributed by atoms with Gasteiger partial charge in [0.2, 0.25) is 5.91 Å². The number of hydrogen-bond donors (Lipinski definition) is 1. The van der Waals surface area contributed by atoms with Crippen molar-refractivity contribution >= 4 is 17.6 Å². The Hall–Kier alpha value is -4.32. The number of rotatable bonds is 16. The molecule has 11 heteroatoms. The van der Waals surface area contributed by atoms with Crippen LogP contribution in [0, 0.1) is 16.0 Å². The van der Waals surface area contributed by atoms with E-state index in [1.165, 1.54) is 18.1 Å². The zero-order valence-electron chi connectivity index (χ0n) is 25.8. The van der Waals surface area contributed by atoms with Gasteiger partial charge in [-0.3, -0.25) is 14.9 Å². The lowest BCUT2D eigenvalue weighted by molar-refractivity contribution is -0.385. The smallest absolute Gasteiger partial charge is 0.330 e. The molecule has 3 aromatic carbocycles. The van der Waals surface area contributed by atoms with Gasteiger partial charge in [0.25, 0.3) is 5.69 Å². The number of carbonyl (C=O) groups excluding carboxylic acids is 2. The van der Waals surface area contributed by atoms with Crippen molar-refractivity contribution < 1.29 is 33.5 Å². The fraction of sp³-hybridized carbons (Fsp3) is 0.412. The Morgan fingerprint density at radius 3 is 2.38 bits per heavy atom. The minimum Gasteiger partial charge on any atom is -0.467 e. The van der Waals surface area contributed by atoms with Crippen molar-refractivity contribution in [1.29, 1.82) is 0 Å². The van der Waals surface area contributed by atoms with E-state index in [0.29, 0.717) is 43.3 Å². The second-order valence-electron chi connectivity index (χ2n) is 11.0. The number of hydrogen-bond acceptors (Lipinski definition) is 9. The molecule has 1 saturated heterocycles. The summed E-state index contributed by atoms with van der Waals surface area (Å²) in [6.45, 7) is 1.74. The number of methoxy groups -OCH3 is 1. The van der Waals surface area contributed by atoms with Gasteiger partial charge >= 0.3 is 5.97 Å². The standard InChI is InChI=1S/C34H41N3O8/c1-36(32(34(39)42-2)24-44-23-25-9-5-3-6-10-25)33(38)16-14-30(26-17-19-43-20-18-26)35-22-27-21-29(13-15-31(27)37(40)41)45-28-11-7-4-8-12-28/h3-13,15,21,26,30,32,35H,14,16-20,22-24H2,1-2H3/t30-,32?/m0/s1. The fourth-order valence-electron chi connectivity index (χ4n) is 5.40. The Balaban J connectivity index is 1.41. The van der Waals surface area contributed by atoms with Crippen LogP contribution in [0.1, 0.15) is 36.8 Å². The first kappa shape index (κ1) is 33.6. The second-order valence-corrected chi connectivity index (χ2v) is 11.0. The molecule has 1 amide bonds. The molecular weight excluding hydrogens is 578 g/mol. The molecule has 3 aromatic rings. The number of nitro groups is 1. The Morgan fingerprint density at radius 2 is 1.71 bits per heavy atom. The molecule has 1 aliphatic heterocycles. The first-order valence-corrected chi connectivity index (χ1v) is 15.1. The SMILES string of the molecule is COC(=O)C(COCc1ccccc1)N(C)C(=O)CC[C@H](NCc1cc(Oc2ccccc2)ccc1[N+](=O)[O-])C1CCOCC1. The van der Waals surface area contributed by atoms with Crippen molar-refractivity contribution in [1.82, 2.24) is 10.2 Å². The van der Waals surface area contributed by atoms with Gasteiger partial charge in [0.1, 0.15) is 11.5 Å². The number of nitro benzene ring substituents is 1. The monoisotopic (exact) mass is 619 g/mol. The number of ether oxygens (including phenoxy) is 4. The van der Waals surface area contributed by atoms with E-state index in [9.17, 15) is 19.7 Å². The van der Waals surface area contributed by atoms with Gasteiger partial charge in [-0.05, 0) is 55.0 Å². The minimum atomic E-state index is -0.893. The summed E-state index contributed by atoms with van der Waals surface area (Å²) in [7, 11) is 2.86. The molecule has 0 aliphatic carbocycles. The number of likely N-dealkylation sites (N-methyl/N-ethyl adjacent to an activating group) is 1. The third-order valence-electron chi connectivity index (χ3n) is 8.01. The lowest BCUT2D eigenvalue weighted by Gasteiger charge is -2.32. The number of para-hydroxylation sites is 1. The van der Waals surface area contributed by atoms with E-state index in [1.807, 2.05) is 60.7 Å². The molecule has 1 aliphatic rings. The molecule has 0 bridgehead atoms. The maximum atomic E-state index is 13.4. The number of nitrogens with zero attached hydrogens (tertiary/aromatic N) is 2. The molecule has 2 atom stereocenters. The van der Waals surface area contributed by atoms with Gasteiger partial charge in [-0.1, -0.05) is 48.5 Å². The van der Waals surface area contributed by atoms with E-state index in [1.54, 1.807) is 19.2 Å². The van der Waals surface area contributed by atoms with Gasteiger partial charge in [0, 0.05) is 50.9 Å². The Bertz CT molecular complexity index is 1380. The van der Waals surface area contributed by atoms with Crippen LogP contribution in [0.15, 0.2) is 78.9 Å². The average Bonchev–Trinajstić information content (AvgIpc) is 3.07. The van der Waals surface area contributed by atoms with E-state index in [4.69, 9.17) is 18.9 Å². The highest BCUT2D eigenvalue weighted by Crippen LogP contribution is 2.29. The van der Waals surface area contributed by atoms with Crippen LogP contribution >= 0.6 is 0 Å². The van der Waals surface area contributed by atoms with Gasteiger partial charge in [-0.2, -0.15) is 0 Å². The molecule has 11 nitrogen and oxygen atoms in total. The first-order chi connectivity index (χ1) is 21.9. The summed E-state index contributed by atoms with van der Waals surface area (Å²) in [5, 5.41) is 15.3. The maximum absolute atomic E-state index is 13.4. The van der Waals surface area contributed by atoms with Crippen molar-refractivity contribution in [3.63, 3.8) is 0 Å². The van der Waals surface area contributed by atoms with E-state index in [0.717, 1.165) is 18.4 Å². The highest BCUT2D eigenvalue weighted by Gasteiger charge is 2.30. The van der Waals surface area contributed by atoms with Crippen LogP contribution in [-0.4, -0.2) is 67.8 Å². The van der Waals surface area contributed by atoms with E-state index >= 15 is 0 Å². The predicted octanol–water partition coefficient (Wildman–Crippen LogP) is 5.27. The van der Waals surface area contributed by atoms with Gasteiger partial charge in [0.15, 0.2) is 6.04 Å². The zero-order chi connectivity index (χ0) is 32.0. The van der Waals surface area contributed by atoms with Crippen molar-refractivity contribution in [3.8, 4) is 11.5 Å². The third kappa shape index (κ3) is 10.1. The summed E-state index contributed by atoms with van der Waals surface area (Å²) in [6, 6.07) is 22.5. The van der Waals surface area contributed by atoms with E-state index in [2.05, 4.69) is 5.32 Å². The molecule has 1 fully saturated rings. The molecule has 4 rings (SSSR count). The Morgan fingerprint density at radius 1 is 1.02 bits per heavy atom. The van der Waals surface area contributed by atoms with Crippen molar-refractivity contribution in [2.24, 2.45) is 5.92 Å². The molecule has 1 heterocycles. The highest BCUT2D eigenvalue weighted by atomic mass is 16.6. The van der Waals surface area contributed by atoms with Crippen molar-refractivity contribution in [2.45, 2.75) is 50.9 Å². The number of esters is 1. The fourth-order valence-corrected chi connectivity index (χ4v) is 5.40. The molecule has 240 valence electrons. The predicted molar refractivity (Wildman–Crippen MR) is 168 cm³/mol. The molecular formula is C34H41N3O8. The highest BCUT2D eigenvalue weighted by molar-refractivity contribution is 5.84. The molecule has 0 aromatic heterocycles. The minimum absolute atomic E-state index is 0.00346. The van der Waals surface area contributed by atoms with Crippen molar-refractivity contribution in [2.75, 3.05) is 34.0 Å². The van der Waals surface area contributed by atoms with Crippen LogP contribution in [0.4, 0.5) is 5.69 Å². The van der Waals surface area contributed by atoms with Gasteiger partial charge < -0.3 is 29.2 Å². The topological polar surface area (TPSA) is 129 Å². The average molecular weight is 620 g/mol. The van der Waals surface area contributed by atoms with E-state index in [-0.39, 0.29) is 43.1 Å². The Labute approximate surface area is 263 Å². The van der Waals surface area contributed by atoms with Crippen molar-refractivity contribution in [3.05, 3.63) is 100 Å². The largest absolute Gasteiger partial charge is 0.467 e. The summed E-state index contributed by atoms with van der Waals surface area (Å²) >= 11 is 0. The number of benzene rings is 3. The quantitative estimate of drug-likeness (QED) is 0.130. The number of amides is 1. The van der Waals surface area contributed by atoms with Crippen LogP contribution in [0.25, 0.3) is 0 Å². The lowest BCUT2D eigenvalue weighted by Crippen LogP contribution is -2.46. The van der Waals surface area contributed by atoms with Gasteiger partial charge in [-0.25, -0.2) is 4.79 Å². The van der Waals surface area contributed by atoms with Crippen LogP contribution in [0.3, 0.4) is 0 Å². The molecule has 45 heavy (non-hydrogen) atoms. The van der Waals surface area contributed by atoms with E-state index < -0.39 is 16.9 Å². The normalized spacial score (nSPS) is 14.7. The zero-order valence-corrected chi connectivity index (χ0v) is 25.8. The number of carbonyl (C=O) groups is 2. The Kier molecular flexibility index (Phi) is 12.9. The summed E-state index contributed by atoms with van der Waals surface area (Å²) in [6.07, 6.45) is 2.25. The lowest BCUT2D eigenvalue weighted by atomic mass is 9.88. The van der Waals surface area contributed by atoms with Gasteiger partial charge in [-0.15, -0.1) is 0 Å². The molecule has 1 unspecified atom stereocenters. The third-order valence-corrected chi connectivity index (χ3v) is 8.01.